The highest BCUT2D eigenvalue weighted by Gasteiger charge is 2.01. The Morgan fingerprint density at radius 2 is 2.36 bits per heavy atom. The number of nitrogens with two attached hydrogens (primary N) is 1. The zero-order valence-corrected chi connectivity index (χ0v) is 7.70. The van der Waals surface area contributed by atoms with E-state index in [0.717, 1.165) is 0 Å². The maximum Gasteiger partial charge on any atom is 0.177 e. The van der Waals surface area contributed by atoms with Gasteiger partial charge in [0.1, 0.15) is 18.2 Å². The van der Waals surface area contributed by atoms with Crippen molar-refractivity contribution in [2.24, 2.45) is 10.9 Å². The molecule has 0 fully saturated rings. The number of halogens is 1. The first kappa shape index (κ1) is 10.3. The number of hydrogen-bond acceptors (Lipinski definition) is 3. The second-order valence-electron chi connectivity index (χ2n) is 2.79. The van der Waals surface area contributed by atoms with E-state index in [0.29, 0.717) is 11.3 Å². The molecule has 76 valence electrons. The predicted octanol–water partition coefficient (Wildman–Crippen LogP) is 1.26. The number of rotatable bonds is 3. The molecule has 4 nitrogen and oxygen atoms in total. The first-order valence-corrected chi connectivity index (χ1v) is 3.99. The number of aryl methyl sites for hydroxylation is 1. The van der Waals surface area contributed by atoms with E-state index in [-0.39, 0.29) is 18.3 Å². The van der Waals surface area contributed by atoms with Crippen LogP contribution >= 0.6 is 0 Å². The molecule has 14 heavy (non-hydrogen) atoms. The lowest BCUT2D eigenvalue weighted by Gasteiger charge is -2.07. The van der Waals surface area contributed by atoms with Crippen molar-refractivity contribution in [3.05, 3.63) is 29.6 Å². The third-order valence-electron chi connectivity index (χ3n) is 1.64. The fourth-order valence-electron chi connectivity index (χ4n) is 0.955. The van der Waals surface area contributed by atoms with E-state index in [4.69, 9.17) is 15.7 Å². The van der Waals surface area contributed by atoms with E-state index >= 15 is 0 Å². The minimum absolute atomic E-state index is 0.0248. The fourth-order valence-corrected chi connectivity index (χ4v) is 0.955. The highest BCUT2D eigenvalue weighted by atomic mass is 19.1. The first-order chi connectivity index (χ1) is 6.63. The molecule has 0 aliphatic rings. The molecule has 1 aromatic carbocycles. The van der Waals surface area contributed by atoms with Gasteiger partial charge in [0.2, 0.25) is 0 Å². The summed E-state index contributed by atoms with van der Waals surface area (Å²) in [6, 6.07) is 4.13. The minimum Gasteiger partial charge on any atom is -0.485 e. The lowest BCUT2D eigenvalue weighted by Crippen LogP contribution is -2.21. The van der Waals surface area contributed by atoms with Crippen LogP contribution in [0.15, 0.2) is 23.4 Å². The van der Waals surface area contributed by atoms with Crippen molar-refractivity contribution >= 4 is 5.84 Å². The van der Waals surface area contributed by atoms with Crippen LogP contribution in [0.3, 0.4) is 0 Å². The first-order valence-electron chi connectivity index (χ1n) is 3.99. The summed E-state index contributed by atoms with van der Waals surface area (Å²) >= 11 is 0. The Morgan fingerprint density at radius 3 is 2.93 bits per heavy atom. The number of hydrogen-bond donors (Lipinski definition) is 2. The SMILES string of the molecule is Cc1cc(F)ccc1OC/C(N)=N/O. The van der Waals surface area contributed by atoms with Gasteiger partial charge in [0.15, 0.2) is 5.84 Å². The van der Waals surface area contributed by atoms with E-state index in [2.05, 4.69) is 5.16 Å². The Balaban J connectivity index is 2.68. The average molecular weight is 198 g/mol. The molecule has 0 amide bonds. The van der Waals surface area contributed by atoms with Crippen LogP contribution in [0.25, 0.3) is 0 Å². The van der Waals surface area contributed by atoms with E-state index in [1.54, 1.807) is 6.92 Å². The summed E-state index contributed by atoms with van der Waals surface area (Å²) < 4.78 is 17.8. The smallest absolute Gasteiger partial charge is 0.177 e. The lowest BCUT2D eigenvalue weighted by atomic mass is 10.2. The Morgan fingerprint density at radius 1 is 1.64 bits per heavy atom. The molecule has 0 aliphatic carbocycles. The molecular formula is C9H11FN2O2. The van der Waals surface area contributed by atoms with Crippen LogP contribution in [-0.2, 0) is 0 Å². The van der Waals surface area contributed by atoms with Crippen molar-refractivity contribution in [2.45, 2.75) is 6.92 Å². The van der Waals surface area contributed by atoms with E-state index in [9.17, 15) is 4.39 Å². The van der Waals surface area contributed by atoms with Gasteiger partial charge in [0.25, 0.3) is 0 Å². The van der Waals surface area contributed by atoms with Crippen molar-refractivity contribution in [3.63, 3.8) is 0 Å². The second-order valence-corrected chi connectivity index (χ2v) is 2.79. The highest BCUT2D eigenvalue weighted by Crippen LogP contribution is 2.17. The standard InChI is InChI=1S/C9H11FN2O2/c1-6-4-7(10)2-3-8(6)14-5-9(11)12-13/h2-4,13H,5H2,1H3,(H2,11,12). The number of nitrogens with zero attached hydrogens (tertiary/aromatic N) is 1. The molecule has 5 heteroatoms. The van der Waals surface area contributed by atoms with E-state index < -0.39 is 0 Å². The van der Waals surface area contributed by atoms with Gasteiger partial charge in [-0.25, -0.2) is 4.39 Å². The summed E-state index contributed by atoms with van der Waals surface area (Å²) in [6.45, 7) is 1.69. The molecule has 0 aliphatic heterocycles. The maximum absolute atomic E-state index is 12.7. The zero-order chi connectivity index (χ0) is 10.6. The number of amidine groups is 1. The van der Waals surface area contributed by atoms with Crippen molar-refractivity contribution in [3.8, 4) is 5.75 Å². The molecule has 1 aromatic rings. The Kier molecular flexibility index (Phi) is 3.28. The van der Waals surface area contributed by atoms with Gasteiger partial charge in [-0.3, -0.25) is 0 Å². The number of benzene rings is 1. The topological polar surface area (TPSA) is 67.8 Å². The molecular weight excluding hydrogens is 187 g/mol. The summed E-state index contributed by atoms with van der Waals surface area (Å²) in [7, 11) is 0. The molecule has 0 spiro atoms. The molecule has 1 rings (SSSR count). The van der Waals surface area contributed by atoms with E-state index in [1.807, 2.05) is 0 Å². The van der Waals surface area contributed by atoms with Crippen LogP contribution in [0, 0.1) is 12.7 Å². The van der Waals surface area contributed by atoms with Gasteiger partial charge in [0.05, 0.1) is 0 Å². The van der Waals surface area contributed by atoms with Crippen molar-refractivity contribution in [1.82, 2.24) is 0 Å². The monoisotopic (exact) mass is 198 g/mol. The third kappa shape index (κ3) is 2.62. The summed E-state index contributed by atoms with van der Waals surface area (Å²) in [4.78, 5) is 0. The summed E-state index contributed by atoms with van der Waals surface area (Å²) in [5.74, 6) is 0.158. The quantitative estimate of drug-likeness (QED) is 0.332. The molecule has 0 bridgehead atoms. The van der Waals surface area contributed by atoms with Gasteiger partial charge < -0.3 is 15.7 Å². The Hall–Kier alpha value is -1.78. The molecule has 3 N–H and O–H groups in total. The molecule has 0 saturated carbocycles. The second kappa shape index (κ2) is 4.45. The Bertz CT molecular complexity index is 353. The zero-order valence-electron chi connectivity index (χ0n) is 7.70. The van der Waals surface area contributed by atoms with Gasteiger partial charge in [-0.15, -0.1) is 0 Å². The largest absolute Gasteiger partial charge is 0.485 e. The van der Waals surface area contributed by atoms with Crippen molar-refractivity contribution in [2.75, 3.05) is 6.61 Å². The van der Waals surface area contributed by atoms with Crippen LogP contribution in [0.4, 0.5) is 4.39 Å². The molecule has 0 unspecified atom stereocenters. The predicted molar refractivity (Wildman–Crippen MR) is 50.0 cm³/mol. The van der Waals surface area contributed by atoms with Crippen LogP contribution in [0.2, 0.25) is 0 Å². The minimum atomic E-state index is -0.321. The lowest BCUT2D eigenvalue weighted by molar-refractivity contribution is 0.306. The molecule has 0 radical (unpaired) electrons. The van der Waals surface area contributed by atoms with Gasteiger partial charge in [-0.05, 0) is 30.7 Å². The normalized spacial score (nSPS) is 11.4. The highest BCUT2D eigenvalue weighted by molar-refractivity contribution is 5.81. The Labute approximate surface area is 80.8 Å². The van der Waals surface area contributed by atoms with Gasteiger partial charge in [0, 0.05) is 0 Å². The van der Waals surface area contributed by atoms with Gasteiger partial charge >= 0.3 is 0 Å². The fraction of sp³-hybridized carbons (Fsp3) is 0.222. The summed E-state index contributed by atoms with van der Waals surface area (Å²) in [6.07, 6.45) is 0. The van der Waals surface area contributed by atoms with Gasteiger partial charge in [-0.1, -0.05) is 5.16 Å². The van der Waals surface area contributed by atoms with Crippen LogP contribution in [0.1, 0.15) is 5.56 Å². The molecule has 0 aromatic heterocycles. The summed E-state index contributed by atoms with van der Waals surface area (Å²) in [5, 5.41) is 11.0. The molecule has 0 atom stereocenters. The summed E-state index contributed by atoms with van der Waals surface area (Å²) in [5.41, 5.74) is 5.86. The van der Waals surface area contributed by atoms with Crippen molar-refractivity contribution < 1.29 is 14.3 Å². The van der Waals surface area contributed by atoms with Gasteiger partial charge in [-0.2, -0.15) is 0 Å². The third-order valence-corrected chi connectivity index (χ3v) is 1.64. The number of ether oxygens (including phenoxy) is 1. The maximum atomic E-state index is 12.7. The molecule has 0 heterocycles. The number of oxime groups is 1. The van der Waals surface area contributed by atoms with Crippen LogP contribution < -0.4 is 10.5 Å². The van der Waals surface area contributed by atoms with Crippen LogP contribution in [-0.4, -0.2) is 17.6 Å². The molecule has 0 saturated heterocycles. The van der Waals surface area contributed by atoms with Crippen LogP contribution in [0.5, 0.6) is 5.75 Å². The van der Waals surface area contributed by atoms with E-state index in [1.165, 1.54) is 18.2 Å². The average Bonchev–Trinajstić information content (AvgIpc) is 2.16. The van der Waals surface area contributed by atoms with Crippen molar-refractivity contribution in [1.29, 1.82) is 0 Å².